The Morgan fingerprint density at radius 3 is 2.29 bits per heavy atom. The predicted octanol–water partition coefficient (Wildman–Crippen LogP) is 4.26. The zero-order chi connectivity index (χ0) is 15.7. The highest BCUT2D eigenvalue weighted by Crippen LogP contribution is 2.29. The van der Waals surface area contributed by atoms with Crippen molar-refractivity contribution in [2.45, 2.75) is 33.2 Å². The first kappa shape index (κ1) is 16.5. The lowest BCUT2D eigenvalue weighted by Gasteiger charge is -2.19. The molecule has 0 saturated heterocycles. The van der Waals surface area contributed by atoms with Crippen molar-refractivity contribution >= 4 is 27.5 Å². The minimum absolute atomic E-state index is 0.218. The lowest BCUT2D eigenvalue weighted by Crippen LogP contribution is -2.19. The molecule has 1 aromatic heterocycles. The number of likely N-dealkylation sites (N-methyl/N-ethyl adjacent to an activating group) is 1. The van der Waals surface area contributed by atoms with E-state index < -0.39 is 0 Å². The summed E-state index contributed by atoms with van der Waals surface area (Å²) in [6.07, 6.45) is 0.829. The minimum Gasteiger partial charge on any atom is -0.313 e. The number of benzene rings is 1. The fourth-order valence-electron chi connectivity index (χ4n) is 2.68. The van der Waals surface area contributed by atoms with Gasteiger partial charge in [-0.2, -0.15) is 5.10 Å². The second-order valence-electron chi connectivity index (χ2n) is 5.49. The summed E-state index contributed by atoms with van der Waals surface area (Å²) in [6.45, 7) is 6.25. The van der Waals surface area contributed by atoms with Crippen molar-refractivity contribution in [3.05, 3.63) is 49.7 Å². The molecule has 0 spiro atoms. The molecule has 0 amide bonds. The average molecular weight is 371 g/mol. The van der Waals surface area contributed by atoms with Crippen LogP contribution >= 0.6 is 27.5 Å². The molecule has 2 rings (SSSR count). The molecular weight excluding hydrogens is 350 g/mol. The highest BCUT2D eigenvalue weighted by atomic mass is 79.9. The molecule has 1 unspecified atom stereocenters. The Bertz CT molecular complexity index is 641. The van der Waals surface area contributed by atoms with Crippen molar-refractivity contribution in [1.82, 2.24) is 15.1 Å². The Morgan fingerprint density at radius 1 is 1.29 bits per heavy atom. The number of halogens is 2. The molecule has 0 aliphatic carbocycles. The monoisotopic (exact) mass is 369 g/mol. The van der Waals surface area contributed by atoms with Crippen molar-refractivity contribution in [2.75, 3.05) is 7.05 Å². The van der Waals surface area contributed by atoms with Crippen LogP contribution in [0.25, 0.3) is 0 Å². The third-order valence-electron chi connectivity index (χ3n) is 3.89. The first-order valence-corrected chi connectivity index (χ1v) is 8.14. The van der Waals surface area contributed by atoms with E-state index in [2.05, 4.69) is 52.3 Å². The molecule has 0 radical (unpaired) electrons. The van der Waals surface area contributed by atoms with Crippen LogP contribution < -0.4 is 5.32 Å². The van der Waals surface area contributed by atoms with Gasteiger partial charge in [0.15, 0.2) is 0 Å². The van der Waals surface area contributed by atoms with Crippen molar-refractivity contribution in [3.63, 3.8) is 0 Å². The Hall–Kier alpha value is -0.840. The highest BCUT2D eigenvalue weighted by Gasteiger charge is 2.18. The molecule has 1 heterocycles. The predicted molar refractivity (Wildman–Crippen MR) is 92.1 cm³/mol. The van der Waals surface area contributed by atoms with Crippen molar-refractivity contribution in [3.8, 4) is 0 Å². The Kier molecular flexibility index (Phi) is 5.12. The van der Waals surface area contributed by atoms with Crippen LogP contribution in [-0.2, 0) is 13.5 Å². The fourth-order valence-corrected chi connectivity index (χ4v) is 3.16. The van der Waals surface area contributed by atoms with Gasteiger partial charge >= 0.3 is 0 Å². The number of rotatable bonds is 4. The number of nitrogens with one attached hydrogen (secondary N) is 1. The Labute approximate surface area is 139 Å². The number of hydrogen-bond acceptors (Lipinski definition) is 2. The third-order valence-corrected chi connectivity index (χ3v) is 5.61. The molecule has 1 aromatic carbocycles. The van der Waals surface area contributed by atoms with E-state index in [1.165, 1.54) is 21.2 Å². The van der Waals surface area contributed by atoms with Gasteiger partial charge in [-0.3, -0.25) is 4.68 Å². The van der Waals surface area contributed by atoms with E-state index in [4.69, 9.17) is 11.6 Å². The summed E-state index contributed by atoms with van der Waals surface area (Å²) in [5.74, 6) is 0. The molecule has 3 nitrogen and oxygen atoms in total. The second kappa shape index (κ2) is 6.51. The van der Waals surface area contributed by atoms with Crippen LogP contribution in [-0.4, -0.2) is 16.8 Å². The minimum atomic E-state index is 0.218. The quantitative estimate of drug-likeness (QED) is 0.871. The molecule has 0 aliphatic heterocycles. The highest BCUT2D eigenvalue weighted by molar-refractivity contribution is 9.10. The van der Waals surface area contributed by atoms with Gasteiger partial charge in [0.1, 0.15) is 5.15 Å². The molecule has 1 N–H and O–H groups in total. The van der Waals surface area contributed by atoms with Gasteiger partial charge in [-0.1, -0.05) is 39.7 Å². The van der Waals surface area contributed by atoms with E-state index in [9.17, 15) is 0 Å². The first-order valence-electron chi connectivity index (χ1n) is 6.97. The summed E-state index contributed by atoms with van der Waals surface area (Å²) in [6, 6.07) is 4.66. The van der Waals surface area contributed by atoms with Gasteiger partial charge in [-0.15, -0.1) is 0 Å². The number of nitrogens with zero attached hydrogens (tertiary/aromatic N) is 2. The number of aryl methyl sites for hydroxylation is 4. The van der Waals surface area contributed by atoms with E-state index in [1.807, 2.05) is 21.0 Å². The SMILES string of the molecule is CNC(Cc1c(C)nn(C)c1Cl)c1cc(C)c(Br)c(C)c1. The molecule has 0 fully saturated rings. The van der Waals surface area contributed by atoms with Crippen molar-refractivity contribution in [2.24, 2.45) is 7.05 Å². The molecule has 0 aliphatic rings. The van der Waals surface area contributed by atoms with Crippen molar-refractivity contribution < 1.29 is 0 Å². The largest absolute Gasteiger partial charge is 0.313 e. The molecule has 0 bridgehead atoms. The van der Waals surface area contributed by atoms with Gasteiger partial charge in [0, 0.05) is 23.1 Å². The molecule has 0 saturated carbocycles. The van der Waals surface area contributed by atoms with E-state index in [1.54, 1.807) is 4.68 Å². The van der Waals surface area contributed by atoms with E-state index >= 15 is 0 Å². The summed E-state index contributed by atoms with van der Waals surface area (Å²) in [5.41, 5.74) is 5.87. The first-order chi connectivity index (χ1) is 9.85. The van der Waals surface area contributed by atoms with Gasteiger partial charge in [0.25, 0.3) is 0 Å². The summed E-state index contributed by atoms with van der Waals surface area (Å²) in [4.78, 5) is 0. The lowest BCUT2D eigenvalue weighted by molar-refractivity contribution is 0.589. The summed E-state index contributed by atoms with van der Waals surface area (Å²) in [5, 5.41) is 8.50. The number of aromatic nitrogens is 2. The summed E-state index contributed by atoms with van der Waals surface area (Å²) >= 11 is 9.98. The fraction of sp³-hybridized carbons (Fsp3) is 0.438. The van der Waals surface area contributed by atoms with Crippen LogP contribution in [0.2, 0.25) is 5.15 Å². The maximum absolute atomic E-state index is 6.36. The molecule has 5 heteroatoms. The smallest absolute Gasteiger partial charge is 0.130 e. The molecule has 114 valence electrons. The normalized spacial score (nSPS) is 12.7. The van der Waals surface area contributed by atoms with Crippen LogP contribution in [0.3, 0.4) is 0 Å². The van der Waals surface area contributed by atoms with Crippen LogP contribution in [0, 0.1) is 20.8 Å². The maximum Gasteiger partial charge on any atom is 0.130 e. The summed E-state index contributed by atoms with van der Waals surface area (Å²) < 4.78 is 2.91. The van der Waals surface area contributed by atoms with E-state index in [0.29, 0.717) is 0 Å². The second-order valence-corrected chi connectivity index (χ2v) is 6.64. The zero-order valence-corrected chi connectivity index (χ0v) is 15.4. The van der Waals surface area contributed by atoms with Gasteiger partial charge in [0.05, 0.1) is 5.69 Å². The maximum atomic E-state index is 6.36. The summed E-state index contributed by atoms with van der Waals surface area (Å²) in [7, 11) is 3.86. The topological polar surface area (TPSA) is 29.9 Å². The van der Waals surface area contributed by atoms with Crippen LogP contribution in [0.15, 0.2) is 16.6 Å². The number of hydrogen-bond donors (Lipinski definition) is 1. The van der Waals surface area contributed by atoms with Crippen LogP contribution in [0.1, 0.15) is 34.0 Å². The van der Waals surface area contributed by atoms with Crippen molar-refractivity contribution in [1.29, 1.82) is 0 Å². The van der Waals surface area contributed by atoms with Gasteiger partial charge in [-0.05, 0) is 50.9 Å². The van der Waals surface area contributed by atoms with Gasteiger partial charge in [-0.25, -0.2) is 0 Å². The lowest BCUT2D eigenvalue weighted by atomic mass is 9.96. The molecular formula is C16H21BrClN3. The molecule has 21 heavy (non-hydrogen) atoms. The molecule has 2 aromatic rings. The Morgan fingerprint density at radius 2 is 1.86 bits per heavy atom. The van der Waals surface area contributed by atoms with Gasteiger partial charge in [0.2, 0.25) is 0 Å². The van der Waals surface area contributed by atoms with Crippen LogP contribution in [0.5, 0.6) is 0 Å². The standard InChI is InChI=1S/C16H21BrClN3/c1-9-6-12(7-10(2)15(9)17)14(19-4)8-13-11(3)20-21(5)16(13)18/h6-7,14,19H,8H2,1-5H3. The molecule has 1 atom stereocenters. The van der Waals surface area contributed by atoms with E-state index in [-0.39, 0.29) is 6.04 Å². The Balaban J connectivity index is 2.36. The average Bonchev–Trinajstić information content (AvgIpc) is 2.67. The third kappa shape index (κ3) is 3.33. The van der Waals surface area contributed by atoms with Crippen LogP contribution in [0.4, 0.5) is 0 Å². The van der Waals surface area contributed by atoms with E-state index in [0.717, 1.165) is 22.8 Å². The zero-order valence-electron chi connectivity index (χ0n) is 13.1. The van der Waals surface area contributed by atoms with Gasteiger partial charge < -0.3 is 5.32 Å².